The summed E-state index contributed by atoms with van der Waals surface area (Å²) in [6, 6.07) is 32.3. The van der Waals surface area contributed by atoms with Crippen molar-refractivity contribution < 1.29 is 0 Å². The molecule has 0 atom stereocenters. The lowest BCUT2D eigenvalue weighted by Crippen LogP contribution is -1.94. The summed E-state index contributed by atoms with van der Waals surface area (Å²) in [6.45, 7) is 0. The summed E-state index contributed by atoms with van der Waals surface area (Å²) in [6.07, 6.45) is 0. The quantitative estimate of drug-likeness (QED) is 0.257. The molecule has 0 bridgehead atoms. The van der Waals surface area contributed by atoms with E-state index in [0.717, 1.165) is 0 Å². The van der Waals surface area contributed by atoms with Gasteiger partial charge in [-0.3, -0.25) is 0 Å². The third-order valence-electron chi connectivity index (χ3n) is 5.99. The van der Waals surface area contributed by atoms with Gasteiger partial charge in [-0.15, -0.1) is 0 Å². The zero-order valence-corrected chi connectivity index (χ0v) is 14.0. The Kier molecular flexibility index (Phi) is 2.10. The molecule has 0 unspecified atom stereocenters. The minimum Gasteiger partial charge on any atom is -0.0616 e. The Bertz CT molecular complexity index is 1500. The molecule has 0 aliphatic carbocycles. The first-order chi connectivity index (χ1) is 12.9. The number of hydrogen-bond acceptors (Lipinski definition) is 0. The summed E-state index contributed by atoms with van der Waals surface area (Å²) in [5, 5.41) is 16.2. The molecule has 0 nitrogen and oxygen atoms in total. The molecule has 0 heteroatoms. The summed E-state index contributed by atoms with van der Waals surface area (Å²) < 4.78 is 0. The van der Waals surface area contributed by atoms with Crippen LogP contribution in [0.1, 0.15) is 0 Å². The topological polar surface area (TPSA) is 0 Å². The molecule has 117 valence electrons. The summed E-state index contributed by atoms with van der Waals surface area (Å²) >= 11 is 0. The van der Waals surface area contributed by atoms with Crippen molar-refractivity contribution in [2.75, 3.05) is 0 Å². The third-order valence-corrected chi connectivity index (χ3v) is 5.99. The molecule has 0 spiro atoms. The minimum absolute atomic E-state index is 1.19. The highest BCUT2D eigenvalue weighted by Crippen LogP contribution is 2.51. The van der Waals surface area contributed by atoms with Crippen molar-refractivity contribution in [2.24, 2.45) is 0 Å². The summed E-state index contributed by atoms with van der Waals surface area (Å²) in [5.41, 5.74) is 0. The summed E-state index contributed by atoms with van der Waals surface area (Å²) in [7, 11) is 0. The Morgan fingerprint density at radius 3 is 1.73 bits per heavy atom. The van der Waals surface area contributed by atoms with Crippen molar-refractivity contribution in [2.45, 2.75) is 0 Å². The molecule has 7 aromatic rings. The maximum atomic E-state index is 3.74. The zero-order chi connectivity index (χ0) is 16.8. The van der Waals surface area contributed by atoms with E-state index in [-0.39, 0.29) is 0 Å². The van der Waals surface area contributed by atoms with Crippen LogP contribution in [0.25, 0.3) is 64.6 Å². The van der Waals surface area contributed by atoms with E-state index in [1.54, 1.807) is 0 Å². The van der Waals surface area contributed by atoms with Gasteiger partial charge in [-0.05, 0) is 76.8 Å². The van der Waals surface area contributed by atoms with Crippen molar-refractivity contribution in [1.82, 2.24) is 0 Å². The van der Waals surface area contributed by atoms with Gasteiger partial charge in [-0.2, -0.15) is 0 Å². The zero-order valence-electron chi connectivity index (χ0n) is 14.0. The van der Waals surface area contributed by atoms with Crippen molar-refractivity contribution in [3.05, 3.63) is 84.9 Å². The van der Waals surface area contributed by atoms with Crippen LogP contribution in [-0.2, 0) is 0 Å². The van der Waals surface area contributed by atoms with E-state index in [0.29, 0.717) is 0 Å². The molecule has 0 saturated heterocycles. The predicted molar refractivity (Wildman–Crippen MR) is 113 cm³/mol. The highest BCUT2D eigenvalue weighted by molar-refractivity contribution is 6.50. The Labute approximate surface area is 149 Å². The lowest BCUT2D eigenvalue weighted by Gasteiger charge is -2.23. The van der Waals surface area contributed by atoms with E-state index in [9.17, 15) is 0 Å². The largest absolute Gasteiger partial charge is 0.0616 e. The van der Waals surface area contributed by atoms with Gasteiger partial charge >= 0.3 is 0 Å². The van der Waals surface area contributed by atoms with Crippen molar-refractivity contribution in [3.8, 4) is 0 Å². The SMILES string of the molecule is [c]1c2ccccc2cc2c1c1c3ccccc3c1c1c3ccccc3c21. The van der Waals surface area contributed by atoms with Crippen molar-refractivity contribution >= 4 is 64.6 Å². The van der Waals surface area contributed by atoms with E-state index >= 15 is 0 Å². The number of benzene rings is 5. The van der Waals surface area contributed by atoms with Crippen LogP contribution in [0.3, 0.4) is 0 Å². The fraction of sp³-hybridized carbons (Fsp3) is 0. The molecule has 0 fully saturated rings. The summed E-state index contributed by atoms with van der Waals surface area (Å²) in [5.74, 6) is 0. The van der Waals surface area contributed by atoms with Gasteiger partial charge in [0.25, 0.3) is 0 Å². The molecule has 0 amide bonds. The highest BCUT2D eigenvalue weighted by atomic mass is 14.2. The van der Waals surface area contributed by atoms with Gasteiger partial charge in [0.2, 0.25) is 0 Å². The van der Waals surface area contributed by atoms with Gasteiger partial charge in [0.05, 0.1) is 0 Å². The average molecular weight is 325 g/mol. The van der Waals surface area contributed by atoms with E-state index in [1.807, 2.05) is 0 Å². The molecule has 0 aromatic heterocycles. The Hall–Kier alpha value is -3.38. The normalized spacial score (nSPS) is 12.6. The maximum absolute atomic E-state index is 3.74. The van der Waals surface area contributed by atoms with Crippen LogP contribution in [0.2, 0.25) is 0 Å². The van der Waals surface area contributed by atoms with E-state index in [1.165, 1.54) is 64.6 Å². The molecule has 0 saturated carbocycles. The van der Waals surface area contributed by atoms with Crippen LogP contribution >= 0.6 is 0 Å². The molecule has 1 radical (unpaired) electrons. The van der Waals surface area contributed by atoms with E-state index < -0.39 is 0 Å². The molecule has 7 aromatic carbocycles. The minimum atomic E-state index is 1.19. The second-order valence-electron chi connectivity index (χ2n) is 7.24. The van der Waals surface area contributed by atoms with Gasteiger partial charge in [0, 0.05) is 0 Å². The maximum Gasteiger partial charge on any atom is -0.000674 e. The first-order valence-electron chi connectivity index (χ1n) is 9.06. The lowest BCUT2D eigenvalue weighted by molar-refractivity contribution is 1.78. The second kappa shape index (κ2) is 4.23. The molecule has 26 heavy (non-hydrogen) atoms. The fourth-order valence-electron chi connectivity index (χ4n) is 4.87. The molecule has 0 aliphatic heterocycles. The van der Waals surface area contributed by atoms with E-state index in [2.05, 4.69) is 84.9 Å². The van der Waals surface area contributed by atoms with Gasteiger partial charge in [-0.25, -0.2) is 0 Å². The standard InChI is InChI=1S/C26H13/c1-2-8-16-14-22-21(13-15(16)7-1)23-17-9-3-5-11-19(17)25(23)26-20-12-6-4-10-18(20)24(22)26/h1-13H. The molecule has 0 heterocycles. The van der Waals surface area contributed by atoms with Crippen LogP contribution < -0.4 is 0 Å². The van der Waals surface area contributed by atoms with Crippen LogP contribution in [0.5, 0.6) is 0 Å². The van der Waals surface area contributed by atoms with Crippen LogP contribution in [0, 0.1) is 6.07 Å². The second-order valence-corrected chi connectivity index (χ2v) is 7.24. The highest BCUT2D eigenvalue weighted by Gasteiger charge is 2.23. The fourth-order valence-corrected chi connectivity index (χ4v) is 4.87. The number of hydrogen-bond donors (Lipinski definition) is 0. The van der Waals surface area contributed by atoms with Gasteiger partial charge in [-0.1, -0.05) is 72.8 Å². The van der Waals surface area contributed by atoms with Crippen molar-refractivity contribution in [3.63, 3.8) is 0 Å². The Balaban J connectivity index is 1.87. The molecule has 7 rings (SSSR count). The Morgan fingerprint density at radius 1 is 0.462 bits per heavy atom. The third kappa shape index (κ3) is 1.32. The Morgan fingerprint density at radius 2 is 1.00 bits per heavy atom. The monoisotopic (exact) mass is 325 g/mol. The molecule has 0 aliphatic rings. The first-order valence-corrected chi connectivity index (χ1v) is 9.06. The predicted octanol–water partition coefficient (Wildman–Crippen LogP) is 7.28. The average Bonchev–Trinajstić information content (AvgIpc) is 2.67. The van der Waals surface area contributed by atoms with Gasteiger partial charge in [0.15, 0.2) is 0 Å². The number of rotatable bonds is 0. The molecular weight excluding hydrogens is 312 g/mol. The first kappa shape index (κ1) is 12.9. The lowest BCUT2D eigenvalue weighted by atomic mass is 9.79. The van der Waals surface area contributed by atoms with E-state index in [4.69, 9.17) is 0 Å². The van der Waals surface area contributed by atoms with Crippen LogP contribution in [0.15, 0.2) is 78.9 Å². The van der Waals surface area contributed by atoms with Crippen LogP contribution in [0.4, 0.5) is 0 Å². The number of fused-ring (bicyclic) bond motifs is 13. The van der Waals surface area contributed by atoms with Crippen molar-refractivity contribution in [1.29, 1.82) is 0 Å². The summed E-state index contributed by atoms with van der Waals surface area (Å²) in [4.78, 5) is 0. The van der Waals surface area contributed by atoms with Crippen LogP contribution in [-0.4, -0.2) is 0 Å². The molecular formula is C26H13. The molecule has 0 N–H and O–H groups in total. The smallest absolute Gasteiger partial charge is 0.000674 e. The van der Waals surface area contributed by atoms with Gasteiger partial charge in [0.1, 0.15) is 0 Å². The van der Waals surface area contributed by atoms with Gasteiger partial charge < -0.3 is 0 Å².